The molecule has 0 rings (SSSR count). The molecule has 81 heavy (non-hydrogen) atoms. The van der Waals surface area contributed by atoms with E-state index in [9.17, 15) is 14.4 Å². The van der Waals surface area contributed by atoms with E-state index >= 15 is 0 Å². The highest BCUT2D eigenvalue weighted by atomic mass is 16.6. The van der Waals surface area contributed by atoms with E-state index in [2.05, 4.69) is 93.7 Å². The quantitative estimate of drug-likeness (QED) is 0.0261. The van der Waals surface area contributed by atoms with Gasteiger partial charge in [0.1, 0.15) is 13.2 Å². The summed E-state index contributed by atoms with van der Waals surface area (Å²) in [5.74, 6) is -1.04. The number of esters is 3. The zero-order chi connectivity index (χ0) is 58.5. The summed E-state index contributed by atoms with van der Waals surface area (Å²) in [5.41, 5.74) is 0. The Morgan fingerprint density at radius 1 is 0.272 bits per heavy atom. The summed E-state index contributed by atoms with van der Waals surface area (Å²) in [5, 5.41) is 0. The Labute approximate surface area is 503 Å². The molecule has 0 aromatic carbocycles. The SMILES string of the molecule is CC/C=C\C/C=C\C/C=C\C/C=C\C/C=C\CC(=O)OCC(COC(=O)CCCCCCCCCCCCCCCCCCCCCCCCCCCCCCCCCC)OC(=O)CCCCCCC/C=C\C/C=C\CCCCCC. The van der Waals surface area contributed by atoms with Crippen molar-refractivity contribution in [1.82, 2.24) is 0 Å². The Balaban J connectivity index is 4.22. The fraction of sp³-hybridized carbons (Fsp3) is 0.773. The third-order valence-electron chi connectivity index (χ3n) is 15.4. The van der Waals surface area contributed by atoms with Crippen LogP contribution in [0, 0.1) is 0 Å². The van der Waals surface area contributed by atoms with Gasteiger partial charge in [0.15, 0.2) is 6.10 Å². The second-order valence-electron chi connectivity index (χ2n) is 23.4. The van der Waals surface area contributed by atoms with Gasteiger partial charge < -0.3 is 14.2 Å². The largest absolute Gasteiger partial charge is 0.462 e. The van der Waals surface area contributed by atoms with Crippen LogP contribution in [-0.2, 0) is 28.6 Å². The zero-order valence-corrected chi connectivity index (χ0v) is 53.8. The van der Waals surface area contributed by atoms with E-state index in [1.165, 1.54) is 218 Å². The Hall–Kier alpha value is -3.41. The lowest BCUT2D eigenvalue weighted by molar-refractivity contribution is -0.166. The van der Waals surface area contributed by atoms with Gasteiger partial charge in [0.2, 0.25) is 0 Å². The fourth-order valence-electron chi connectivity index (χ4n) is 10.2. The highest BCUT2D eigenvalue weighted by Crippen LogP contribution is 2.18. The van der Waals surface area contributed by atoms with E-state index in [4.69, 9.17) is 14.2 Å². The molecule has 0 saturated carbocycles. The maximum atomic E-state index is 12.9. The summed E-state index contributed by atoms with van der Waals surface area (Å²) in [4.78, 5) is 38.3. The maximum absolute atomic E-state index is 12.9. The Bertz CT molecular complexity index is 1530. The number of hydrogen-bond donors (Lipinski definition) is 0. The second kappa shape index (κ2) is 69.1. The topological polar surface area (TPSA) is 78.9 Å². The average Bonchev–Trinajstić information content (AvgIpc) is 3.47. The molecule has 0 amide bonds. The van der Waals surface area contributed by atoms with Gasteiger partial charge in [-0.3, -0.25) is 14.4 Å². The van der Waals surface area contributed by atoms with Crippen molar-refractivity contribution in [3.63, 3.8) is 0 Å². The van der Waals surface area contributed by atoms with Crippen LogP contribution in [0.2, 0.25) is 0 Å². The monoisotopic (exact) mass is 1130 g/mol. The number of unbranched alkanes of at least 4 members (excludes halogenated alkanes) is 40. The first-order valence-electron chi connectivity index (χ1n) is 35.1. The Morgan fingerprint density at radius 3 is 0.877 bits per heavy atom. The molecule has 0 aromatic rings. The number of hydrogen-bond acceptors (Lipinski definition) is 6. The van der Waals surface area contributed by atoms with Crippen LogP contribution in [0.25, 0.3) is 0 Å². The van der Waals surface area contributed by atoms with Crippen molar-refractivity contribution in [2.24, 2.45) is 0 Å². The minimum atomic E-state index is -0.824. The smallest absolute Gasteiger partial charge is 0.309 e. The highest BCUT2D eigenvalue weighted by molar-refractivity contribution is 5.72. The average molecular weight is 1130 g/mol. The summed E-state index contributed by atoms with van der Waals surface area (Å²) in [7, 11) is 0. The first-order valence-corrected chi connectivity index (χ1v) is 35.1. The standard InChI is InChI=1S/C75H132O6/c1-4-7-10-13-16-19-22-25-28-30-31-32-33-34-35-36-37-38-39-40-41-42-43-44-45-48-50-53-56-59-62-65-68-74(77)80-71-72(70-79-73(76)67-64-61-58-55-52-49-46-27-24-21-18-15-12-9-6-3)81-75(78)69-66-63-60-57-54-51-47-29-26-23-20-17-14-11-8-5-2/h9,12,18,20-21,23,27,29,46-47,52,55,61,64,72H,4-8,10-11,13-17,19,22,24-26,28,30-45,48-51,53-54,56-60,62-63,65-71H2,1-3H3/b12-9-,21-18-,23-20-,46-27-,47-29-,55-52-,64-61-. The van der Waals surface area contributed by atoms with Crippen molar-refractivity contribution in [3.8, 4) is 0 Å². The van der Waals surface area contributed by atoms with Crippen molar-refractivity contribution < 1.29 is 28.6 Å². The maximum Gasteiger partial charge on any atom is 0.309 e. The van der Waals surface area contributed by atoms with E-state index < -0.39 is 12.1 Å². The van der Waals surface area contributed by atoms with Gasteiger partial charge >= 0.3 is 17.9 Å². The van der Waals surface area contributed by atoms with Crippen LogP contribution >= 0.6 is 0 Å². The third kappa shape index (κ3) is 67.3. The highest BCUT2D eigenvalue weighted by Gasteiger charge is 2.19. The van der Waals surface area contributed by atoms with Crippen molar-refractivity contribution in [2.75, 3.05) is 13.2 Å². The number of ether oxygens (including phenoxy) is 3. The molecule has 6 nitrogen and oxygen atoms in total. The minimum absolute atomic E-state index is 0.110. The summed E-state index contributed by atoms with van der Waals surface area (Å²) in [6, 6.07) is 0. The van der Waals surface area contributed by atoms with E-state index in [1.54, 1.807) is 6.08 Å². The molecular weight excluding hydrogens is 997 g/mol. The molecule has 0 radical (unpaired) electrons. The van der Waals surface area contributed by atoms with Gasteiger partial charge in [0.05, 0.1) is 6.42 Å². The minimum Gasteiger partial charge on any atom is -0.462 e. The molecule has 0 fully saturated rings. The first-order chi connectivity index (χ1) is 40.0. The van der Waals surface area contributed by atoms with Crippen LogP contribution < -0.4 is 0 Å². The molecule has 6 heteroatoms. The number of rotatable bonds is 64. The van der Waals surface area contributed by atoms with Gasteiger partial charge in [-0.05, 0) is 77.0 Å². The Kier molecular flexibility index (Phi) is 66.2. The van der Waals surface area contributed by atoms with Crippen LogP contribution in [-0.4, -0.2) is 37.2 Å². The number of carbonyl (C=O) groups excluding carboxylic acids is 3. The molecule has 0 spiro atoms. The van der Waals surface area contributed by atoms with Gasteiger partial charge in [-0.2, -0.15) is 0 Å². The predicted molar refractivity (Wildman–Crippen MR) is 353 cm³/mol. The van der Waals surface area contributed by atoms with Crippen LogP contribution in [0.15, 0.2) is 85.1 Å². The lowest BCUT2D eigenvalue weighted by Crippen LogP contribution is -2.30. The van der Waals surface area contributed by atoms with Crippen LogP contribution in [0.1, 0.15) is 355 Å². The summed E-state index contributed by atoms with van der Waals surface area (Å²) < 4.78 is 16.8. The molecule has 0 aliphatic rings. The van der Waals surface area contributed by atoms with Gasteiger partial charge in [-0.15, -0.1) is 0 Å². The van der Waals surface area contributed by atoms with E-state index in [-0.39, 0.29) is 31.6 Å². The van der Waals surface area contributed by atoms with Gasteiger partial charge in [-0.25, -0.2) is 0 Å². The molecule has 1 atom stereocenters. The Morgan fingerprint density at radius 2 is 0.531 bits per heavy atom. The van der Waals surface area contributed by atoms with Crippen molar-refractivity contribution in [3.05, 3.63) is 85.1 Å². The number of carbonyl (C=O) groups is 3. The van der Waals surface area contributed by atoms with E-state index in [1.807, 2.05) is 6.08 Å². The zero-order valence-electron chi connectivity index (χ0n) is 53.8. The predicted octanol–water partition coefficient (Wildman–Crippen LogP) is 24.2. The van der Waals surface area contributed by atoms with Gasteiger partial charge in [0, 0.05) is 12.8 Å². The molecule has 0 saturated heterocycles. The number of allylic oxidation sites excluding steroid dienone is 13. The molecular formula is C75H132O6. The van der Waals surface area contributed by atoms with Gasteiger partial charge in [0.25, 0.3) is 0 Å². The van der Waals surface area contributed by atoms with Crippen LogP contribution in [0.3, 0.4) is 0 Å². The molecule has 0 aromatic heterocycles. The fourth-order valence-corrected chi connectivity index (χ4v) is 10.2. The van der Waals surface area contributed by atoms with Gasteiger partial charge in [-0.1, -0.05) is 343 Å². The van der Waals surface area contributed by atoms with Crippen LogP contribution in [0.5, 0.6) is 0 Å². The molecule has 0 bridgehead atoms. The van der Waals surface area contributed by atoms with E-state index in [0.717, 1.165) is 96.3 Å². The molecule has 1 unspecified atom stereocenters. The normalized spacial score (nSPS) is 12.6. The lowest BCUT2D eigenvalue weighted by atomic mass is 10.0. The molecule has 0 aliphatic carbocycles. The molecule has 0 aliphatic heterocycles. The summed E-state index contributed by atoms with van der Waals surface area (Å²) >= 11 is 0. The first kappa shape index (κ1) is 77.6. The van der Waals surface area contributed by atoms with E-state index in [0.29, 0.717) is 12.8 Å². The van der Waals surface area contributed by atoms with Crippen LogP contribution in [0.4, 0.5) is 0 Å². The summed E-state index contributed by atoms with van der Waals surface area (Å²) in [6.07, 6.45) is 92.3. The van der Waals surface area contributed by atoms with Crippen molar-refractivity contribution in [2.45, 2.75) is 361 Å². The second-order valence-corrected chi connectivity index (χ2v) is 23.4. The lowest BCUT2D eigenvalue weighted by Gasteiger charge is -2.18. The van der Waals surface area contributed by atoms with Crippen molar-refractivity contribution in [1.29, 1.82) is 0 Å². The van der Waals surface area contributed by atoms with Crippen molar-refractivity contribution >= 4 is 17.9 Å². The summed E-state index contributed by atoms with van der Waals surface area (Å²) in [6.45, 7) is 6.45. The molecule has 468 valence electrons. The molecule has 0 N–H and O–H groups in total. The third-order valence-corrected chi connectivity index (χ3v) is 15.4. The molecule has 0 heterocycles.